The van der Waals surface area contributed by atoms with Crippen molar-refractivity contribution in [2.24, 2.45) is 7.05 Å². The van der Waals surface area contributed by atoms with Crippen molar-refractivity contribution in [2.45, 2.75) is 33.1 Å². The second-order valence-corrected chi connectivity index (χ2v) is 4.17. The van der Waals surface area contributed by atoms with E-state index in [1.807, 2.05) is 0 Å². The van der Waals surface area contributed by atoms with Crippen molar-refractivity contribution in [3.8, 4) is 0 Å². The Hall–Kier alpha value is -0.720. The van der Waals surface area contributed by atoms with E-state index < -0.39 is 0 Å². The van der Waals surface area contributed by atoms with Gasteiger partial charge in [0.15, 0.2) is 0 Å². The smallest absolute Gasteiger partial charge is 0.0228 e. The van der Waals surface area contributed by atoms with Crippen LogP contribution >= 0.6 is 0 Å². The largest absolute Gasteiger partial charge is 0.351 e. The molecule has 62 valence electrons. The average molecular weight is 151 g/mol. The first-order valence-electron chi connectivity index (χ1n) is 4.06. The summed E-state index contributed by atoms with van der Waals surface area (Å²) < 4.78 is 2.25. The van der Waals surface area contributed by atoms with Crippen LogP contribution in [0.25, 0.3) is 0 Å². The molecule has 0 aliphatic rings. The molecule has 0 spiro atoms. The van der Waals surface area contributed by atoms with Crippen molar-refractivity contribution in [2.75, 3.05) is 0 Å². The minimum absolute atomic E-state index is 0.267. The van der Waals surface area contributed by atoms with Crippen molar-refractivity contribution in [3.05, 3.63) is 23.5 Å². The summed E-state index contributed by atoms with van der Waals surface area (Å²) in [7, 11) is 2.12. The van der Waals surface area contributed by atoms with Crippen LogP contribution in [0.2, 0.25) is 0 Å². The molecule has 0 saturated heterocycles. The predicted molar refractivity (Wildman–Crippen MR) is 48.9 cm³/mol. The number of hydrogen-bond donors (Lipinski definition) is 0. The normalized spacial score (nSPS) is 12.1. The van der Waals surface area contributed by atoms with E-state index in [0.29, 0.717) is 0 Å². The molecule has 1 heteroatoms. The second-order valence-electron chi connectivity index (χ2n) is 4.17. The van der Waals surface area contributed by atoms with Gasteiger partial charge in [0.1, 0.15) is 0 Å². The highest BCUT2D eigenvalue weighted by atomic mass is 15.0. The highest BCUT2D eigenvalue weighted by Gasteiger charge is 2.16. The lowest BCUT2D eigenvalue weighted by Gasteiger charge is -2.20. The summed E-state index contributed by atoms with van der Waals surface area (Å²) in [4.78, 5) is 0. The Bertz CT molecular complexity index is 250. The van der Waals surface area contributed by atoms with Crippen LogP contribution < -0.4 is 0 Å². The summed E-state index contributed by atoms with van der Waals surface area (Å²) in [5.41, 5.74) is 2.99. The van der Waals surface area contributed by atoms with E-state index >= 15 is 0 Å². The van der Waals surface area contributed by atoms with Crippen molar-refractivity contribution >= 4 is 0 Å². The summed E-state index contributed by atoms with van der Waals surface area (Å²) in [5.74, 6) is 0. The molecular weight excluding hydrogens is 134 g/mol. The summed E-state index contributed by atoms with van der Waals surface area (Å²) in [6, 6.07) is 4.37. The van der Waals surface area contributed by atoms with Gasteiger partial charge in [-0.05, 0) is 19.1 Å². The van der Waals surface area contributed by atoms with Gasteiger partial charge >= 0.3 is 0 Å². The van der Waals surface area contributed by atoms with Gasteiger partial charge in [-0.1, -0.05) is 20.8 Å². The highest BCUT2D eigenvalue weighted by Crippen LogP contribution is 2.23. The van der Waals surface area contributed by atoms with Gasteiger partial charge in [0.25, 0.3) is 0 Å². The van der Waals surface area contributed by atoms with E-state index in [1.165, 1.54) is 11.4 Å². The maximum Gasteiger partial charge on any atom is 0.0228 e. The fourth-order valence-electron chi connectivity index (χ4n) is 1.37. The molecule has 0 atom stereocenters. The zero-order valence-electron chi connectivity index (χ0n) is 8.10. The SMILES string of the molecule is Cc1ccc(C(C)(C)C)n1C. The lowest BCUT2D eigenvalue weighted by Crippen LogP contribution is -2.16. The van der Waals surface area contributed by atoms with E-state index in [4.69, 9.17) is 0 Å². The van der Waals surface area contributed by atoms with E-state index in [0.717, 1.165) is 0 Å². The second kappa shape index (κ2) is 2.40. The molecule has 1 aromatic rings. The third kappa shape index (κ3) is 1.47. The number of rotatable bonds is 0. The van der Waals surface area contributed by atoms with Crippen LogP contribution in [-0.4, -0.2) is 4.57 Å². The van der Waals surface area contributed by atoms with Gasteiger partial charge in [0.05, 0.1) is 0 Å². The molecule has 1 aromatic heterocycles. The zero-order valence-corrected chi connectivity index (χ0v) is 8.10. The van der Waals surface area contributed by atoms with Gasteiger partial charge in [0, 0.05) is 23.9 Å². The Kier molecular flexibility index (Phi) is 1.83. The van der Waals surface area contributed by atoms with Gasteiger partial charge < -0.3 is 4.57 Å². The molecule has 0 unspecified atom stereocenters. The van der Waals surface area contributed by atoms with Crippen LogP contribution in [0.1, 0.15) is 32.2 Å². The fourth-order valence-corrected chi connectivity index (χ4v) is 1.37. The summed E-state index contributed by atoms with van der Waals surface area (Å²) >= 11 is 0. The third-order valence-corrected chi connectivity index (χ3v) is 2.14. The van der Waals surface area contributed by atoms with Crippen LogP contribution in [-0.2, 0) is 12.5 Å². The van der Waals surface area contributed by atoms with Crippen LogP contribution in [0.5, 0.6) is 0 Å². The molecule has 0 fully saturated rings. The predicted octanol–water partition coefficient (Wildman–Crippen LogP) is 2.63. The van der Waals surface area contributed by atoms with Gasteiger partial charge in [-0.3, -0.25) is 0 Å². The molecule has 0 aliphatic carbocycles. The van der Waals surface area contributed by atoms with Gasteiger partial charge in [0.2, 0.25) is 0 Å². The maximum atomic E-state index is 2.25. The molecule has 11 heavy (non-hydrogen) atoms. The standard InChI is InChI=1S/C10H17N/c1-8-6-7-9(11(8)5)10(2,3)4/h6-7H,1-5H3. The lowest BCUT2D eigenvalue weighted by molar-refractivity contribution is 0.540. The van der Waals surface area contributed by atoms with Crippen molar-refractivity contribution < 1.29 is 0 Å². The number of aromatic nitrogens is 1. The molecule has 1 rings (SSSR count). The van der Waals surface area contributed by atoms with E-state index in [2.05, 4.69) is 51.4 Å². The van der Waals surface area contributed by atoms with Crippen molar-refractivity contribution in [1.29, 1.82) is 0 Å². The molecule has 0 amide bonds. The molecule has 1 nitrogen and oxygen atoms in total. The number of nitrogens with zero attached hydrogens (tertiary/aromatic N) is 1. The summed E-state index contributed by atoms with van der Waals surface area (Å²) in [5, 5.41) is 0. The van der Waals surface area contributed by atoms with Crippen LogP contribution in [0.4, 0.5) is 0 Å². The Balaban J connectivity index is 3.15. The molecular formula is C10H17N. The summed E-state index contributed by atoms with van der Waals surface area (Å²) in [6.45, 7) is 8.85. The Morgan fingerprint density at radius 2 is 1.73 bits per heavy atom. The average Bonchev–Trinajstić information content (AvgIpc) is 2.11. The molecule has 0 bridgehead atoms. The lowest BCUT2D eigenvalue weighted by atomic mass is 9.92. The molecule has 1 heterocycles. The highest BCUT2D eigenvalue weighted by molar-refractivity contribution is 5.20. The quantitative estimate of drug-likeness (QED) is 0.537. The molecule has 0 aliphatic heterocycles. The van der Waals surface area contributed by atoms with Crippen molar-refractivity contribution in [1.82, 2.24) is 4.57 Å². The number of hydrogen-bond acceptors (Lipinski definition) is 0. The fraction of sp³-hybridized carbons (Fsp3) is 0.600. The topological polar surface area (TPSA) is 4.93 Å². The first-order valence-corrected chi connectivity index (χ1v) is 4.06. The minimum atomic E-state index is 0.267. The van der Waals surface area contributed by atoms with Gasteiger partial charge in [-0.15, -0.1) is 0 Å². The van der Waals surface area contributed by atoms with E-state index in [-0.39, 0.29) is 5.41 Å². The van der Waals surface area contributed by atoms with E-state index in [1.54, 1.807) is 0 Å². The van der Waals surface area contributed by atoms with E-state index in [9.17, 15) is 0 Å². The molecule has 0 saturated carbocycles. The van der Waals surface area contributed by atoms with Gasteiger partial charge in [-0.2, -0.15) is 0 Å². The monoisotopic (exact) mass is 151 g/mol. The minimum Gasteiger partial charge on any atom is -0.351 e. The Labute approximate surface area is 69.0 Å². The molecule has 0 radical (unpaired) electrons. The maximum absolute atomic E-state index is 2.25. The van der Waals surface area contributed by atoms with Gasteiger partial charge in [-0.25, -0.2) is 0 Å². The van der Waals surface area contributed by atoms with Crippen molar-refractivity contribution in [3.63, 3.8) is 0 Å². The summed E-state index contributed by atoms with van der Waals surface area (Å²) in [6.07, 6.45) is 0. The first-order chi connectivity index (χ1) is 4.93. The molecule has 0 N–H and O–H groups in total. The number of aryl methyl sites for hydroxylation is 1. The Morgan fingerprint density at radius 1 is 1.18 bits per heavy atom. The van der Waals surface area contributed by atoms with Crippen LogP contribution in [0, 0.1) is 6.92 Å². The Morgan fingerprint density at radius 3 is 1.91 bits per heavy atom. The third-order valence-electron chi connectivity index (χ3n) is 2.14. The molecule has 0 aromatic carbocycles. The van der Waals surface area contributed by atoms with Crippen LogP contribution in [0.3, 0.4) is 0 Å². The zero-order chi connectivity index (χ0) is 8.65. The first kappa shape index (κ1) is 8.38. The van der Waals surface area contributed by atoms with Crippen LogP contribution in [0.15, 0.2) is 12.1 Å².